The predicted octanol–water partition coefficient (Wildman–Crippen LogP) is 4.71. The second-order valence-corrected chi connectivity index (χ2v) is 11.2. The maximum Gasteiger partial charge on any atom is 0.401 e. The first-order chi connectivity index (χ1) is 18.9. The highest BCUT2D eigenvalue weighted by molar-refractivity contribution is 7.18. The van der Waals surface area contributed by atoms with Crippen LogP contribution in [0.4, 0.5) is 33.3 Å². The van der Waals surface area contributed by atoms with Crippen molar-refractivity contribution in [1.82, 2.24) is 10.2 Å². The summed E-state index contributed by atoms with van der Waals surface area (Å²) < 4.78 is 73.7. The molecule has 1 aromatic carbocycles. The third-order valence-electron chi connectivity index (χ3n) is 6.38. The van der Waals surface area contributed by atoms with E-state index < -0.39 is 55.0 Å². The molecule has 1 aromatic heterocycles. The minimum atomic E-state index is -4.63. The summed E-state index contributed by atoms with van der Waals surface area (Å²) in [6.45, 7) is -1.93. The number of amides is 3. The van der Waals surface area contributed by atoms with Crippen LogP contribution >= 0.6 is 22.9 Å². The van der Waals surface area contributed by atoms with Gasteiger partial charge in [0, 0.05) is 30.9 Å². The molecule has 4 rings (SSSR count). The first kappa shape index (κ1) is 30.2. The monoisotopic (exact) mass is 608 g/mol. The molecule has 2 N–H and O–H groups in total. The highest BCUT2D eigenvalue weighted by Crippen LogP contribution is 2.34. The molecule has 8 nitrogen and oxygen atoms in total. The third-order valence-corrected chi connectivity index (χ3v) is 7.61. The molecule has 15 heteroatoms. The summed E-state index contributed by atoms with van der Waals surface area (Å²) in [6, 6.07) is 5.00. The van der Waals surface area contributed by atoms with Gasteiger partial charge in [-0.05, 0) is 49.1 Å². The molecule has 0 unspecified atom stereocenters. The van der Waals surface area contributed by atoms with E-state index in [0.717, 1.165) is 27.2 Å². The summed E-state index contributed by atoms with van der Waals surface area (Å²) in [4.78, 5) is 40.4. The van der Waals surface area contributed by atoms with Crippen LogP contribution in [0.1, 0.15) is 34.5 Å². The molecule has 1 saturated carbocycles. The Hall–Kier alpha value is -2.81. The Morgan fingerprint density at radius 3 is 2.55 bits per heavy atom. The lowest BCUT2D eigenvalue weighted by molar-refractivity contribution is -0.154. The average Bonchev–Trinajstić information content (AvgIpc) is 3.59. The zero-order valence-corrected chi connectivity index (χ0v) is 22.6. The minimum absolute atomic E-state index is 0.0276. The van der Waals surface area contributed by atoms with Crippen LogP contribution < -0.4 is 15.5 Å². The smallest absolute Gasteiger partial charge is 0.370 e. The standard InChI is InChI=1S/C25H26ClF5N4O4S/c26-20-6-5-19(40-20)24(38)32-10-18(34(11-14-1-2-14)13-25(29,30)31)23(37)33-15-3-4-17(16(9-15)22(27)28)35-7-8-39-12-21(35)36/h3-6,9,14,18,22H,1-2,7-8,10-13H2,(H,32,38)(H,33,37)/t18-/m0/s1. The van der Waals surface area contributed by atoms with Gasteiger partial charge in [0.05, 0.1) is 28.1 Å². The summed E-state index contributed by atoms with van der Waals surface area (Å²) in [7, 11) is 0. The fourth-order valence-electron chi connectivity index (χ4n) is 4.32. The van der Waals surface area contributed by atoms with Crippen LogP contribution in [0, 0.1) is 5.92 Å². The molecule has 3 amide bonds. The molecule has 218 valence electrons. The quantitative estimate of drug-likeness (QED) is 0.361. The van der Waals surface area contributed by atoms with Crippen LogP contribution in [0.25, 0.3) is 0 Å². The highest BCUT2D eigenvalue weighted by Gasteiger charge is 2.39. The van der Waals surface area contributed by atoms with Gasteiger partial charge in [-0.1, -0.05) is 11.6 Å². The minimum Gasteiger partial charge on any atom is -0.370 e. The topological polar surface area (TPSA) is 91.0 Å². The molecular formula is C25H26ClF5N4O4S. The first-order valence-corrected chi connectivity index (χ1v) is 13.6. The number of anilines is 2. The molecule has 40 heavy (non-hydrogen) atoms. The Labute approximate surface area is 235 Å². The van der Waals surface area contributed by atoms with Gasteiger partial charge in [-0.25, -0.2) is 8.78 Å². The molecule has 0 spiro atoms. The van der Waals surface area contributed by atoms with E-state index in [4.69, 9.17) is 16.3 Å². The summed E-state index contributed by atoms with van der Waals surface area (Å²) in [5.41, 5.74) is -0.672. The van der Waals surface area contributed by atoms with E-state index in [-0.39, 0.29) is 48.5 Å². The second-order valence-electron chi connectivity index (χ2n) is 9.48. The molecule has 1 aliphatic carbocycles. The number of carbonyl (C=O) groups is 3. The molecule has 1 aliphatic heterocycles. The number of carbonyl (C=O) groups excluding carboxylic acids is 3. The lowest BCUT2D eigenvalue weighted by Crippen LogP contribution is -2.54. The Morgan fingerprint density at radius 1 is 1.20 bits per heavy atom. The normalized spacial score (nSPS) is 16.9. The SMILES string of the molecule is O=C(NC[C@@H](C(=O)Nc1ccc(N2CCOCC2=O)c(C(F)F)c1)N(CC1CC1)CC(F)(F)F)c1ccc(Cl)s1. The lowest BCUT2D eigenvalue weighted by atomic mass is 10.1. The summed E-state index contributed by atoms with van der Waals surface area (Å²) in [6.07, 6.45) is -6.22. The van der Waals surface area contributed by atoms with Gasteiger partial charge in [0.15, 0.2) is 0 Å². The van der Waals surface area contributed by atoms with Crippen molar-refractivity contribution < 1.29 is 41.1 Å². The molecule has 0 radical (unpaired) electrons. The van der Waals surface area contributed by atoms with E-state index in [2.05, 4.69) is 10.6 Å². The highest BCUT2D eigenvalue weighted by atomic mass is 35.5. The molecule has 0 bridgehead atoms. The van der Waals surface area contributed by atoms with E-state index in [1.54, 1.807) is 0 Å². The zero-order chi connectivity index (χ0) is 29.0. The number of hydrogen-bond acceptors (Lipinski definition) is 6. The Bertz CT molecular complexity index is 1240. The van der Waals surface area contributed by atoms with Crippen LogP contribution in [0.3, 0.4) is 0 Å². The summed E-state index contributed by atoms with van der Waals surface area (Å²) in [5.74, 6) is -2.06. The van der Waals surface area contributed by atoms with E-state index in [0.29, 0.717) is 17.2 Å². The van der Waals surface area contributed by atoms with Crippen LogP contribution in [-0.2, 0) is 14.3 Å². The maximum atomic E-state index is 14.0. The lowest BCUT2D eigenvalue weighted by Gasteiger charge is -2.32. The van der Waals surface area contributed by atoms with Crippen LogP contribution in [0.5, 0.6) is 0 Å². The predicted molar refractivity (Wildman–Crippen MR) is 139 cm³/mol. The van der Waals surface area contributed by atoms with Crippen molar-refractivity contribution in [2.75, 3.05) is 49.6 Å². The largest absolute Gasteiger partial charge is 0.401 e. The number of nitrogens with one attached hydrogen (secondary N) is 2. The number of hydrogen-bond donors (Lipinski definition) is 2. The number of nitrogens with zero attached hydrogens (tertiary/aromatic N) is 2. The van der Waals surface area contributed by atoms with Gasteiger partial charge < -0.3 is 20.3 Å². The van der Waals surface area contributed by atoms with Gasteiger partial charge >= 0.3 is 6.18 Å². The van der Waals surface area contributed by atoms with Crippen molar-refractivity contribution in [3.05, 3.63) is 45.1 Å². The molecular weight excluding hydrogens is 583 g/mol. The number of alkyl halides is 5. The number of benzene rings is 1. The van der Waals surface area contributed by atoms with Gasteiger partial charge in [0.25, 0.3) is 18.2 Å². The molecule has 2 heterocycles. The van der Waals surface area contributed by atoms with Crippen LogP contribution in [0.15, 0.2) is 30.3 Å². The van der Waals surface area contributed by atoms with Crippen molar-refractivity contribution in [2.45, 2.75) is 31.5 Å². The first-order valence-electron chi connectivity index (χ1n) is 12.4. The Kier molecular flexibility index (Phi) is 9.64. The van der Waals surface area contributed by atoms with Crippen molar-refractivity contribution >= 4 is 52.0 Å². The van der Waals surface area contributed by atoms with Gasteiger partial charge in [0.2, 0.25) is 5.91 Å². The molecule has 1 saturated heterocycles. The Balaban J connectivity index is 1.57. The molecule has 2 aromatic rings. The fourth-order valence-corrected chi connectivity index (χ4v) is 5.28. The average molecular weight is 609 g/mol. The summed E-state index contributed by atoms with van der Waals surface area (Å²) in [5, 5.41) is 4.92. The van der Waals surface area contributed by atoms with Gasteiger partial charge in [0.1, 0.15) is 12.6 Å². The number of ether oxygens (including phenoxy) is 1. The number of thiophene rings is 1. The number of morpholine rings is 1. The molecule has 2 aliphatic rings. The van der Waals surface area contributed by atoms with E-state index in [1.165, 1.54) is 24.3 Å². The van der Waals surface area contributed by atoms with Gasteiger partial charge in [-0.2, -0.15) is 13.2 Å². The summed E-state index contributed by atoms with van der Waals surface area (Å²) >= 11 is 6.83. The third kappa shape index (κ3) is 8.12. The van der Waals surface area contributed by atoms with Crippen molar-refractivity contribution in [1.29, 1.82) is 0 Å². The molecule has 1 atom stereocenters. The zero-order valence-electron chi connectivity index (χ0n) is 21.0. The van der Waals surface area contributed by atoms with Crippen molar-refractivity contribution in [2.24, 2.45) is 5.92 Å². The molecule has 2 fully saturated rings. The van der Waals surface area contributed by atoms with E-state index in [1.807, 2.05) is 0 Å². The van der Waals surface area contributed by atoms with Gasteiger partial charge in [-0.15, -0.1) is 11.3 Å². The van der Waals surface area contributed by atoms with Crippen molar-refractivity contribution in [3.8, 4) is 0 Å². The van der Waals surface area contributed by atoms with E-state index >= 15 is 0 Å². The fraction of sp³-hybridized carbons (Fsp3) is 0.480. The number of halogens is 6. The van der Waals surface area contributed by atoms with Crippen molar-refractivity contribution in [3.63, 3.8) is 0 Å². The maximum absolute atomic E-state index is 14.0. The van der Waals surface area contributed by atoms with Crippen LogP contribution in [-0.4, -0.2) is 74.2 Å². The van der Waals surface area contributed by atoms with Crippen LogP contribution in [0.2, 0.25) is 4.34 Å². The Morgan fingerprint density at radius 2 is 1.95 bits per heavy atom. The van der Waals surface area contributed by atoms with Gasteiger partial charge in [-0.3, -0.25) is 19.3 Å². The second kappa shape index (κ2) is 12.8. The van der Waals surface area contributed by atoms with E-state index in [9.17, 15) is 36.3 Å². The number of rotatable bonds is 11.